The molecule has 0 aromatic heterocycles. The Bertz CT molecular complexity index is 422. The van der Waals surface area contributed by atoms with Crippen LogP contribution in [-0.4, -0.2) is 34.5 Å². The Kier molecular flexibility index (Phi) is 3.45. The van der Waals surface area contributed by atoms with Gasteiger partial charge in [-0.2, -0.15) is 0 Å². The van der Waals surface area contributed by atoms with Crippen LogP contribution in [0.5, 0.6) is 0 Å². The van der Waals surface area contributed by atoms with Crippen LogP contribution >= 0.6 is 0 Å². The van der Waals surface area contributed by atoms with Gasteiger partial charge in [0.05, 0.1) is 6.04 Å². The van der Waals surface area contributed by atoms with Gasteiger partial charge in [0.1, 0.15) is 6.10 Å². The van der Waals surface area contributed by atoms with Crippen LogP contribution in [0.4, 0.5) is 0 Å². The molecule has 2 rings (SSSR count). The van der Waals surface area contributed by atoms with Crippen LogP contribution in [0, 0.1) is 5.92 Å². The highest BCUT2D eigenvalue weighted by molar-refractivity contribution is 5.87. The second-order valence-corrected chi connectivity index (χ2v) is 6.68. The molecule has 3 atom stereocenters. The first-order valence-corrected chi connectivity index (χ1v) is 6.91. The topological polar surface area (TPSA) is 46.6 Å². The Morgan fingerprint density at radius 1 is 1.37 bits per heavy atom. The summed E-state index contributed by atoms with van der Waals surface area (Å²) in [5.74, 6) is -0.0213. The number of fused-ring (bicyclic) bond motifs is 2. The number of nitrogens with zero attached hydrogens (tertiary/aromatic N) is 1. The first kappa shape index (κ1) is 14.1. The Labute approximate surface area is 114 Å². The van der Waals surface area contributed by atoms with Crippen molar-refractivity contribution in [3.8, 4) is 0 Å². The maximum Gasteiger partial charge on any atom is 0.333 e. The van der Waals surface area contributed by atoms with Crippen LogP contribution in [0.15, 0.2) is 12.2 Å². The van der Waals surface area contributed by atoms with Gasteiger partial charge >= 0.3 is 5.97 Å². The molecule has 19 heavy (non-hydrogen) atoms. The lowest BCUT2D eigenvalue weighted by Crippen LogP contribution is -2.51. The summed E-state index contributed by atoms with van der Waals surface area (Å²) in [5, 5.41) is 0. The van der Waals surface area contributed by atoms with Crippen molar-refractivity contribution in [3.05, 3.63) is 12.2 Å². The maximum absolute atomic E-state index is 12.4. The Morgan fingerprint density at radius 2 is 2.00 bits per heavy atom. The molecular formula is C15H23NO3. The number of ether oxygens (including phenoxy) is 1. The molecule has 2 aliphatic rings. The summed E-state index contributed by atoms with van der Waals surface area (Å²) in [7, 11) is 0. The van der Waals surface area contributed by atoms with E-state index >= 15 is 0 Å². The second-order valence-electron chi connectivity index (χ2n) is 6.68. The standard InChI is InChI=1S/C15H23NO3/c1-9(2)14(18)19-12-7-6-10-8-11(12)16(13(10)17)15(3,4)5/h10-12H,1,6-8H2,2-5H3. The molecule has 0 radical (unpaired) electrons. The molecule has 0 spiro atoms. The van der Waals surface area contributed by atoms with Crippen molar-refractivity contribution < 1.29 is 14.3 Å². The Morgan fingerprint density at radius 3 is 2.53 bits per heavy atom. The van der Waals surface area contributed by atoms with Gasteiger partial charge in [0.15, 0.2) is 0 Å². The molecule has 1 aliphatic heterocycles. The van der Waals surface area contributed by atoms with Crippen molar-refractivity contribution in [2.45, 2.75) is 64.6 Å². The highest BCUT2D eigenvalue weighted by Crippen LogP contribution is 2.41. The fraction of sp³-hybridized carbons (Fsp3) is 0.733. The van der Waals surface area contributed by atoms with Crippen LogP contribution < -0.4 is 0 Å². The predicted octanol–water partition coefficient (Wildman–Crippen LogP) is 2.28. The second kappa shape index (κ2) is 4.66. The fourth-order valence-corrected chi connectivity index (χ4v) is 3.18. The number of rotatable bonds is 2. The van der Waals surface area contributed by atoms with Gasteiger partial charge < -0.3 is 9.64 Å². The average Bonchev–Trinajstić information content (AvgIpc) is 2.55. The molecular weight excluding hydrogens is 242 g/mol. The summed E-state index contributed by atoms with van der Waals surface area (Å²) in [6.07, 6.45) is 2.21. The lowest BCUT2D eigenvalue weighted by Gasteiger charge is -2.40. The van der Waals surface area contributed by atoms with Crippen molar-refractivity contribution in [2.75, 3.05) is 0 Å². The summed E-state index contributed by atoms with van der Waals surface area (Å²) in [5.41, 5.74) is 0.183. The van der Waals surface area contributed by atoms with Crippen molar-refractivity contribution in [3.63, 3.8) is 0 Å². The minimum atomic E-state index is -0.350. The molecule has 1 aliphatic carbocycles. The van der Waals surface area contributed by atoms with E-state index in [4.69, 9.17) is 4.74 Å². The smallest absolute Gasteiger partial charge is 0.333 e. The first-order valence-electron chi connectivity index (χ1n) is 6.91. The summed E-state index contributed by atoms with van der Waals surface area (Å²) < 4.78 is 5.52. The molecule has 4 nitrogen and oxygen atoms in total. The third kappa shape index (κ3) is 2.53. The summed E-state index contributed by atoms with van der Waals surface area (Å²) in [4.78, 5) is 26.0. The third-order valence-electron chi connectivity index (χ3n) is 4.00. The SMILES string of the molecule is C=C(C)C(=O)OC1CCC2CC1N(C(C)(C)C)C2=O. The summed E-state index contributed by atoms with van der Waals surface area (Å²) in [6.45, 7) is 11.4. The molecule has 2 bridgehead atoms. The number of amides is 1. The number of likely N-dealkylation sites (tertiary alicyclic amines) is 1. The van der Waals surface area contributed by atoms with Crippen molar-refractivity contribution >= 4 is 11.9 Å². The van der Waals surface area contributed by atoms with Gasteiger partial charge in [-0.05, 0) is 47.0 Å². The quantitative estimate of drug-likeness (QED) is 0.568. The van der Waals surface area contributed by atoms with Gasteiger partial charge in [-0.25, -0.2) is 4.79 Å². The molecule has 0 aromatic carbocycles. The Hall–Kier alpha value is -1.32. The van der Waals surface area contributed by atoms with E-state index in [9.17, 15) is 9.59 Å². The predicted molar refractivity (Wildman–Crippen MR) is 72.4 cm³/mol. The first-order chi connectivity index (χ1) is 8.71. The van der Waals surface area contributed by atoms with Crippen LogP contribution in [0.25, 0.3) is 0 Å². The van der Waals surface area contributed by atoms with Crippen molar-refractivity contribution in [1.82, 2.24) is 4.90 Å². The molecule has 1 saturated carbocycles. The fourth-order valence-electron chi connectivity index (χ4n) is 3.18. The third-order valence-corrected chi connectivity index (χ3v) is 4.00. The lowest BCUT2D eigenvalue weighted by molar-refractivity contribution is -0.151. The van der Waals surface area contributed by atoms with Gasteiger partial charge in [0, 0.05) is 17.0 Å². The lowest BCUT2D eigenvalue weighted by atomic mass is 9.87. The summed E-state index contributed by atoms with van der Waals surface area (Å²) in [6, 6.07) is 0.0227. The van der Waals surface area contributed by atoms with Crippen LogP contribution in [0.1, 0.15) is 47.0 Å². The van der Waals surface area contributed by atoms with Crippen LogP contribution in [0.3, 0.4) is 0 Å². The van der Waals surface area contributed by atoms with Crippen molar-refractivity contribution in [1.29, 1.82) is 0 Å². The van der Waals surface area contributed by atoms with E-state index in [1.807, 2.05) is 25.7 Å². The van der Waals surface area contributed by atoms with Gasteiger partial charge in [0.2, 0.25) is 5.91 Å². The average molecular weight is 265 g/mol. The Balaban J connectivity index is 2.18. The largest absolute Gasteiger partial charge is 0.457 e. The van der Waals surface area contributed by atoms with E-state index in [1.54, 1.807) is 6.92 Å². The zero-order chi connectivity index (χ0) is 14.4. The highest BCUT2D eigenvalue weighted by Gasteiger charge is 2.51. The van der Waals surface area contributed by atoms with Crippen molar-refractivity contribution in [2.24, 2.45) is 5.92 Å². The van der Waals surface area contributed by atoms with Crippen LogP contribution in [0.2, 0.25) is 0 Å². The zero-order valence-corrected chi connectivity index (χ0v) is 12.2. The van der Waals surface area contributed by atoms with E-state index in [1.165, 1.54) is 0 Å². The molecule has 0 N–H and O–H groups in total. The van der Waals surface area contributed by atoms with E-state index in [-0.39, 0.29) is 35.5 Å². The van der Waals surface area contributed by atoms with E-state index in [2.05, 4.69) is 6.58 Å². The van der Waals surface area contributed by atoms with Gasteiger partial charge in [0.25, 0.3) is 0 Å². The molecule has 2 fully saturated rings. The minimum Gasteiger partial charge on any atom is -0.457 e. The minimum absolute atomic E-state index is 0.0227. The van der Waals surface area contributed by atoms with E-state index in [0.717, 1.165) is 19.3 Å². The number of esters is 1. The number of hydrogen-bond donors (Lipinski definition) is 0. The molecule has 1 amide bonds. The number of carbonyl (C=O) groups excluding carboxylic acids is 2. The van der Waals surface area contributed by atoms with Gasteiger partial charge in [-0.3, -0.25) is 4.79 Å². The normalized spacial score (nSPS) is 30.4. The number of carbonyl (C=O) groups is 2. The molecule has 106 valence electrons. The van der Waals surface area contributed by atoms with Gasteiger partial charge in [-0.1, -0.05) is 6.58 Å². The van der Waals surface area contributed by atoms with E-state index < -0.39 is 0 Å². The van der Waals surface area contributed by atoms with Crippen LogP contribution in [-0.2, 0) is 14.3 Å². The molecule has 3 unspecified atom stereocenters. The zero-order valence-electron chi connectivity index (χ0n) is 12.2. The van der Waals surface area contributed by atoms with Gasteiger partial charge in [-0.15, -0.1) is 0 Å². The monoisotopic (exact) mass is 265 g/mol. The maximum atomic E-state index is 12.4. The molecule has 0 aromatic rings. The molecule has 1 heterocycles. The number of hydrogen-bond acceptors (Lipinski definition) is 3. The molecule has 1 saturated heterocycles. The highest BCUT2D eigenvalue weighted by atomic mass is 16.5. The molecule has 4 heteroatoms. The van der Waals surface area contributed by atoms with E-state index in [0.29, 0.717) is 5.57 Å². The summed E-state index contributed by atoms with van der Waals surface area (Å²) >= 11 is 0.